The lowest BCUT2D eigenvalue weighted by atomic mass is 9.66. The van der Waals surface area contributed by atoms with Crippen molar-refractivity contribution in [3.63, 3.8) is 0 Å². The highest BCUT2D eigenvalue weighted by Gasteiger charge is 2.53. The molecule has 2 spiro atoms. The van der Waals surface area contributed by atoms with Crippen molar-refractivity contribution in [1.29, 1.82) is 0 Å². The van der Waals surface area contributed by atoms with Crippen LogP contribution in [0.5, 0.6) is 0 Å². The fraction of sp³-hybridized carbons (Fsp3) is 0.560. The molecule has 8 nitrogen and oxygen atoms in total. The Hall–Kier alpha value is -1.95. The molecular weight excluding hydrogens is 518 g/mol. The second-order valence-electron chi connectivity index (χ2n) is 11.8. The van der Waals surface area contributed by atoms with Crippen molar-refractivity contribution < 1.29 is 21.6 Å². The van der Waals surface area contributed by atoms with E-state index in [0.717, 1.165) is 54.5 Å². The molecule has 1 aromatic carbocycles. The lowest BCUT2D eigenvalue weighted by Crippen LogP contribution is -2.40. The summed E-state index contributed by atoms with van der Waals surface area (Å²) in [5, 5.41) is 1.60. The van der Waals surface area contributed by atoms with Gasteiger partial charge < -0.3 is 4.90 Å². The maximum atomic E-state index is 13.7. The molecule has 2 aliphatic carbocycles. The first-order valence-electron chi connectivity index (χ1n) is 12.2. The number of rotatable bonds is 5. The Bertz CT molecular complexity index is 1420. The molecule has 1 aromatic heterocycles. The van der Waals surface area contributed by atoms with Gasteiger partial charge in [0, 0.05) is 34.3 Å². The van der Waals surface area contributed by atoms with Crippen molar-refractivity contribution in [2.24, 2.45) is 5.41 Å². The number of fused-ring (bicyclic) bond motifs is 2. The molecule has 11 heteroatoms. The average molecular weight is 552 g/mol. The van der Waals surface area contributed by atoms with Crippen molar-refractivity contribution in [2.45, 2.75) is 74.5 Å². The average Bonchev–Trinajstić information content (AvgIpc) is 3.19. The normalized spacial score (nSPS) is 20.5. The molecule has 1 amide bonds. The van der Waals surface area contributed by atoms with Gasteiger partial charge in [-0.05, 0) is 94.5 Å². The summed E-state index contributed by atoms with van der Waals surface area (Å²) in [5.74, 6) is -0.239. The number of hydrogen-bond acceptors (Lipinski definition) is 6. The standard InChI is InChI=1S/C25H33N3O5S3/c1-23(2,3)27-36(32,33)21-13-17(15-34-21)22(29)28-16-25(11-9-24(7-8-24)10-12-25)19-14-18(5-6-20(19)28)26-35(4,30)31/h5-6,13-15,26-27H,7-12,16H2,1-4H3. The van der Waals surface area contributed by atoms with Crippen LogP contribution in [0, 0.1) is 5.41 Å². The predicted molar refractivity (Wildman–Crippen MR) is 143 cm³/mol. The predicted octanol–water partition coefficient (Wildman–Crippen LogP) is 4.45. The fourth-order valence-corrected chi connectivity index (χ4v) is 8.80. The zero-order valence-corrected chi connectivity index (χ0v) is 23.5. The highest BCUT2D eigenvalue weighted by Crippen LogP contribution is 2.62. The number of hydrogen-bond donors (Lipinski definition) is 2. The summed E-state index contributed by atoms with van der Waals surface area (Å²) in [6.07, 6.45) is 7.77. The molecule has 2 fully saturated rings. The molecule has 1 aliphatic heterocycles. The molecule has 0 saturated heterocycles. The van der Waals surface area contributed by atoms with E-state index in [2.05, 4.69) is 9.44 Å². The molecule has 2 heterocycles. The monoisotopic (exact) mass is 551 g/mol. The topological polar surface area (TPSA) is 113 Å². The van der Waals surface area contributed by atoms with Crippen molar-refractivity contribution in [3.8, 4) is 0 Å². The number of nitrogens with one attached hydrogen (secondary N) is 2. The van der Waals surface area contributed by atoms with Crippen LogP contribution in [0.4, 0.5) is 11.4 Å². The van der Waals surface area contributed by atoms with Crippen LogP contribution in [0.2, 0.25) is 0 Å². The minimum Gasteiger partial charge on any atom is -0.307 e. The number of sulfonamides is 2. The zero-order valence-electron chi connectivity index (χ0n) is 21.0. The molecular formula is C25H33N3O5S3. The van der Waals surface area contributed by atoms with E-state index in [1.54, 1.807) is 37.1 Å². The Morgan fingerprint density at radius 2 is 1.64 bits per heavy atom. The second kappa shape index (κ2) is 8.28. The van der Waals surface area contributed by atoms with E-state index < -0.39 is 25.6 Å². The summed E-state index contributed by atoms with van der Waals surface area (Å²) in [6, 6.07) is 6.82. The summed E-state index contributed by atoms with van der Waals surface area (Å²) in [4.78, 5) is 15.5. The minimum atomic E-state index is -3.74. The van der Waals surface area contributed by atoms with Crippen LogP contribution in [0.3, 0.4) is 0 Å². The quantitative estimate of drug-likeness (QED) is 0.570. The molecule has 2 aromatic rings. The third-order valence-corrected chi connectivity index (χ3v) is 11.4. The molecule has 196 valence electrons. The maximum Gasteiger partial charge on any atom is 0.259 e. The van der Waals surface area contributed by atoms with Crippen LogP contribution in [0.25, 0.3) is 0 Å². The number of carbonyl (C=O) groups excluding carboxylic acids is 1. The first-order valence-corrected chi connectivity index (χ1v) is 16.4. The van der Waals surface area contributed by atoms with Crippen LogP contribution in [0.15, 0.2) is 33.9 Å². The zero-order chi connectivity index (χ0) is 26.1. The number of carbonyl (C=O) groups is 1. The fourth-order valence-electron chi connectivity index (χ4n) is 5.67. The lowest BCUT2D eigenvalue weighted by Gasteiger charge is -2.38. The van der Waals surface area contributed by atoms with Gasteiger partial charge in [0.15, 0.2) is 0 Å². The third-order valence-electron chi connectivity index (χ3n) is 7.62. The Morgan fingerprint density at radius 1 is 1.00 bits per heavy atom. The second-order valence-corrected chi connectivity index (χ2v) is 16.4. The van der Waals surface area contributed by atoms with Gasteiger partial charge in [-0.1, -0.05) is 0 Å². The summed E-state index contributed by atoms with van der Waals surface area (Å²) in [7, 11) is -7.17. The van der Waals surface area contributed by atoms with E-state index in [9.17, 15) is 21.6 Å². The van der Waals surface area contributed by atoms with Crippen molar-refractivity contribution in [2.75, 3.05) is 22.4 Å². The molecule has 3 aliphatic rings. The van der Waals surface area contributed by atoms with E-state index in [1.165, 1.54) is 18.9 Å². The van der Waals surface area contributed by atoms with Gasteiger partial charge in [0.1, 0.15) is 4.21 Å². The molecule has 36 heavy (non-hydrogen) atoms. The van der Waals surface area contributed by atoms with Crippen LogP contribution >= 0.6 is 11.3 Å². The van der Waals surface area contributed by atoms with Gasteiger partial charge in [-0.3, -0.25) is 9.52 Å². The number of benzene rings is 1. The maximum absolute atomic E-state index is 13.7. The van der Waals surface area contributed by atoms with Gasteiger partial charge in [-0.2, -0.15) is 0 Å². The molecule has 2 saturated carbocycles. The molecule has 0 unspecified atom stereocenters. The van der Waals surface area contributed by atoms with Crippen LogP contribution in [0.1, 0.15) is 75.2 Å². The lowest BCUT2D eigenvalue weighted by molar-refractivity contribution is 0.0980. The van der Waals surface area contributed by atoms with Crippen LogP contribution < -0.4 is 14.3 Å². The van der Waals surface area contributed by atoms with Gasteiger partial charge in [0.2, 0.25) is 10.0 Å². The smallest absolute Gasteiger partial charge is 0.259 e. The van der Waals surface area contributed by atoms with Gasteiger partial charge in [-0.15, -0.1) is 11.3 Å². The van der Waals surface area contributed by atoms with Gasteiger partial charge in [-0.25, -0.2) is 21.6 Å². The van der Waals surface area contributed by atoms with Crippen molar-refractivity contribution >= 4 is 48.7 Å². The van der Waals surface area contributed by atoms with Crippen molar-refractivity contribution in [1.82, 2.24) is 4.72 Å². The highest BCUT2D eigenvalue weighted by atomic mass is 32.2. The third kappa shape index (κ3) is 4.94. The number of nitrogens with zero attached hydrogens (tertiary/aromatic N) is 1. The van der Waals surface area contributed by atoms with Gasteiger partial charge in [0.25, 0.3) is 15.9 Å². The molecule has 0 atom stereocenters. The minimum absolute atomic E-state index is 0.107. The Morgan fingerprint density at radius 3 is 2.22 bits per heavy atom. The van der Waals surface area contributed by atoms with E-state index >= 15 is 0 Å². The molecule has 0 radical (unpaired) electrons. The summed E-state index contributed by atoms with van der Waals surface area (Å²) >= 11 is 1.03. The van der Waals surface area contributed by atoms with E-state index in [4.69, 9.17) is 0 Å². The van der Waals surface area contributed by atoms with E-state index in [1.807, 2.05) is 12.1 Å². The van der Waals surface area contributed by atoms with E-state index in [-0.39, 0.29) is 15.5 Å². The first-order chi connectivity index (χ1) is 16.6. The van der Waals surface area contributed by atoms with Crippen LogP contribution in [-0.4, -0.2) is 41.1 Å². The first kappa shape index (κ1) is 25.7. The largest absolute Gasteiger partial charge is 0.307 e. The van der Waals surface area contributed by atoms with Gasteiger partial charge in [0.05, 0.1) is 11.8 Å². The number of amides is 1. The van der Waals surface area contributed by atoms with Crippen molar-refractivity contribution in [3.05, 3.63) is 40.8 Å². The summed E-state index contributed by atoms with van der Waals surface area (Å²) in [6.45, 7) is 5.83. The SMILES string of the molecule is CC(C)(C)NS(=O)(=O)c1cc(C(=O)N2CC3(CCC4(CC4)CC3)c3cc(NS(C)(=O)=O)ccc32)cs1. The van der Waals surface area contributed by atoms with Crippen LogP contribution in [-0.2, 0) is 25.5 Å². The summed E-state index contributed by atoms with van der Waals surface area (Å²) < 4.78 is 54.6. The Labute approximate surface area is 217 Å². The Balaban J connectivity index is 1.48. The molecule has 0 bridgehead atoms. The highest BCUT2D eigenvalue weighted by molar-refractivity contribution is 7.92. The van der Waals surface area contributed by atoms with Gasteiger partial charge >= 0.3 is 0 Å². The number of thiophene rings is 1. The molecule has 2 N–H and O–H groups in total. The summed E-state index contributed by atoms with van der Waals surface area (Å²) in [5.41, 5.74) is 2.20. The van der Waals surface area contributed by atoms with E-state index in [0.29, 0.717) is 23.2 Å². The Kier molecular flexibility index (Phi) is 5.91. The number of anilines is 2. The molecule has 5 rings (SSSR count).